The van der Waals surface area contributed by atoms with Crippen LogP contribution >= 0.6 is 11.6 Å². The van der Waals surface area contributed by atoms with Crippen LogP contribution in [0.3, 0.4) is 0 Å². The molecule has 2 aromatic rings. The van der Waals surface area contributed by atoms with Gasteiger partial charge in [-0.2, -0.15) is 0 Å². The molecule has 0 fully saturated rings. The minimum atomic E-state index is 0.000932. The molecule has 1 unspecified atom stereocenters. The number of halogens is 1. The second-order valence-corrected chi connectivity index (χ2v) is 4.92. The summed E-state index contributed by atoms with van der Waals surface area (Å²) in [6.45, 7) is 2.89. The van der Waals surface area contributed by atoms with E-state index in [0.717, 1.165) is 17.7 Å². The normalized spacial score (nSPS) is 12.0. The van der Waals surface area contributed by atoms with Gasteiger partial charge >= 0.3 is 0 Å². The fourth-order valence-corrected chi connectivity index (χ4v) is 2.58. The van der Waals surface area contributed by atoms with Gasteiger partial charge in [0.05, 0.1) is 25.3 Å². The molecule has 1 heterocycles. The lowest BCUT2D eigenvalue weighted by molar-refractivity contribution is 0.354. The predicted octanol–water partition coefficient (Wildman–Crippen LogP) is 3.45. The number of ether oxygens (including phenoxy) is 2. The van der Waals surface area contributed by atoms with Crippen LogP contribution in [-0.4, -0.2) is 25.7 Å². The lowest BCUT2D eigenvalue weighted by Gasteiger charge is -2.20. The fourth-order valence-electron chi connectivity index (χ4n) is 2.28. The first-order valence-electron chi connectivity index (χ1n) is 6.76. The number of nitrogens with one attached hydrogen (secondary N) is 1. The van der Waals surface area contributed by atoms with Gasteiger partial charge in [-0.1, -0.05) is 24.6 Å². The highest BCUT2D eigenvalue weighted by molar-refractivity contribution is 6.32. The van der Waals surface area contributed by atoms with E-state index in [2.05, 4.69) is 17.2 Å². The van der Waals surface area contributed by atoms with Crippen molar-refractivity contribution in [3.05, 3.63) is 52.8 Å². The van der Waals surface area contributed by atoms with Crippen molar-refractivity contribution in [2.24, 2.45) is 0 Å². The van der Waals surface area contributed by atoms with Crippen molar-refractivity contribution in [2.75, 3.05) is 20.8 Å². The Morgan fingerprint density at radius 1 is 1.24 bits per heavy atom. The molecule has 21 heavy (non-hydrogen) atoms. The Morgan fingerprint density at radius 2 is 2.05 bits per heavy atom. The average molecular weight is 307 g/mol. The van der Waals surface area contributed by atoms with Gasteiger partial charge in [-0.25, -0.2) is 0 Å². The molecule has 0 spiro atoms. The summed E-state index contributed by atoms with van der Waals surface area (Å²) < 4.78 is 10.6. The molecule has 0 bridgehead atoms. The molecule has 0 saturated heterocycles. The zero-order chi connectivity index (χ0) is 15.2. The Labute approximate surface area is 130 Å². The van der Waals surface area contributed by atoms with Crippen molar-refractivity contribution >= 4 is 11.6 Å². The van der Waals surface area contributed by atoms with Crippen LogP contribution in [0.25, 0.3) is 0 Å². The molecule has 2 rings (SSSR count). The Hall–Kier alpha value is -1.78. The molecule has 4 nitrogen and oxygen atoms in total. The van der Waals surface area contributed by atoms with Crippen LogP contribution in [0.5, 0.6) is 11.5 Å². The van der Waals surface area contributed by atoms with E-state index in [9.17, 15) is 0 Å². The van der Waals surface area contributed by atoms with E-state index in [1.54, 1.807) is 20.4 Å². The van der Waals surface area contributed by atoms with Gasteiger partial charge in [-0.3, -0.25) is 4.98 Å². The van der Waals surface area contributed by atoms with Crippen molar-refractivity contribution in [2.45, 2.75) is 13.0 Å². The topological polar surface area (TPSA) is 43.4 Å². The summed E-state index contributed by atoms with van der Waals surface area (Å²) in [5, 5.41) is 3.96. The smallest absolute Gasteiger partial charge is 0.179 e. The van der Waals surface area contributed by atoms with Crippen molar-refractivity contribution < 1.29 is 9.47 Å². The Bertz CT molecular complexity index is 590. The summed E-state index contributed by atoms with van der Waals surface area (Å²) in [5.41, 5.74) is 2.08. The zero-order valence-corrected chi connectivity index (χ0v) is 13.1. The quantitative estimate of drug-likeness (QED) is 0.887. The molecule has 1 N–H and O–H groups in total. The fraction of sp³-hybridized carbons (Fsp3) is 0.312. The van der Waals surface area contributed by atoms with Crippen LogP contribution in [-0.2, 0) is 0 Å². The summed E-state index contributed by atoms with van der Waals surface area (Å²) >= 11 is 6.30. The molecule has 0 saturated carbocycles. The minimum absolute atomic E-state index is 0.000932. The van der Waals surface area contributed by atoms with E-state index < -0.39 is 0 Å². The van der Waals surface area contributed by atoms with Gasteiger partial charge in [0, 0.05) is 12.4 Å². The first-order chi connectivity index (χ1) is 10.2. The van der Waals surface area contributed by atoms with Gasteiger partial charge in [0.1, 0.15) is 0 Å². The number of rotatable bonds is 6. The molecule has 0 aliphatic rings. The van der Waals surface area contributed by atoms with E-state index in [1.165, 1.54) is 0 Å². The van der Waals surface area contributed by atoms with Crippen molar-refractivity contribution in [1.82, 2.24) is 10.3 Å². The second kappa shape index (κ2) is 7.29. The third kappa shape index (κ3) is 3.46. The highest BCUT2D eigenvalue weighted by atomic mass is 35.5. The largest absolute Gasteiger partial charge is 0.493 e. The number of aromatic nitrogens is 1. The lowest BCUT2D eigenvalue weighted by atomic mass is 9.99. The standard InChI is InChI=1S/C16H19ClN2O2/c1-4-19-15(11-6-5-7-18-10-11)12-8-13(17)16(21-3)14(9-12)20-2/h5-10,15,19H,4H2,1-3H3. The van der Waals surface area contributed by atoms with Crippen LogP contribution in [0.15, 0.2) is 36.7 Å². The Balaban J connectivity index is 2.48. The number of pyridine rings is 1. The summed E-state index contributed by atoms with van der Waals surface area (Å²) in [5.74, 6) is 1.16. The van der Waals surface area contributed by atoms with E-state index in [-0.39, 0.29) is 6.04 Å². The van der Waals surface area contributed by atoms with Crippen LogP contribution in [0.4, 0.5) is 0 Å². The number of nitrogens with zero attached hydrogens (tertiary/aromatic N) is 1. The van der Waals surface area contributed by atoms with Gasteiger partial charge < -0.3 is 14.8 Å². The van der Waals surface area contributed by atoms with Gasteiger partial charge in [0.2, 0.25) is 0 Å². The third-order valence-corrected chi connectivity index (χ3v) is 3.50. The van der Waals surface area contributed by atoms with Crippen molar-refractivity contribution in [1.29, 1.82) is 0 Å². The summed E-state index contributed by atoms with van der Waals surface area (Å²) in [7, 11) is 3.18. The molecular formula is C16H19ClN2O2. The third-order valence-electron chi connectivity index (χ3n) is 3.22. The number of benzene rings is 1. The molecule has 0 radical (unpaired) electrons. The molecule has 0 aliphatic heterocycles. The SMILES string of the molecule is CCNC(c1cccnc1)c1cc(Cl)c(OC)c(OC)c1. The van der Waals surface area contributed by atoms with Crippen LogP contribution in [0, 0.1) is 0 Å². The Kier molecular flexibility index (Phi) is 5.42. The highest BCUT2D eigenvalue weighted by Gasteiger charge is 2.18. The van der Waals surface area contributed by atoms with E-state index >= 15 is 0 Å². The monoisotopic (exact) mass is 306 g/mol. The second-order valence-electron chi connectivity index (χ2n) is 4.52. The maximum atomic E-state index is 6.30. The number of hydrogen-bond acceptors (Lipinski definition) is 4. The predicted molar refractivity (Wildman–Crippen MR) is 84.3 cm³/mol. The maximum Gasteiger partial charge on any atom is 0.179 e. The van der Waals surface area contributed by atoms with E-state index in [0.29, 0.717) is 16.5 Å². The zero-order valence-electron chi connectivity index (χ0n) is 12.4. The van der Waals surface area contributed by atoms with Crippen LogP contribution in [0.2, 0.25) is 5.02 Å². The lowest BCUT2D eigenvalue weighted by Crippen LogP contribution is -2.22. The number of hydrogen-bond donors (Lipinski definition) is 1. The molecular weight excluding hydrogens is 288 g/mol. The Morgan fingerprint density at radius 3 is 2.62 bits per heavy atom. The van der Waals surface area contributed by atoms with Gasteiger partial charge in [-0.15, -0.1) is 0 Å². The highest BCUT2D eigenvalue weighted by Crippen LogP contribution is 2.38. The van der Waals surface area contributed by atoms with Crippen molar-refractivity contribution in [3.8, 4) is 11.5 Å². The summed E-state index contributed by atoms with van der Waals surface area (Å²) in [6, 6.07) is 7.78. The molecule has 0 aliphatic carbocycles. The maximum absolute atomic E-state index is 6.30. The van der Waals surface area contributed by atoms with Crippen LogP contribution in [0.1, 0.15) is 24.1 Å². The minimum Gasteiger partial charge on any atom is -0.493 e. The van der Waals surface area contributed by atoms with E-state index in [4.69, 9.17) is 21.1 Å². The molecule has 0 amide bonds. The summed E-state index contributed by atoms with van der Waals surface area (Å²) in [6.07, 6.45) is 3.60. The summed E-state index contributed by atoms with van der Waals surface area (Å²) in [4.78, 5) is 4.18. The van der Waals surface area contributed by atoms with Gasteiger partial charge in [-0.05, 0) is 35.9 Å². The van der Waals surface area contributed by atoms with Crippen LogP contribution < -0.4 is 14.8 Å². The van der Waals surface area contributed by atoms with Gasteiger partial charge in [0.25, 0.3) is 0 Å². The molecule has 1 atom stereocenters. The molecule has 112 valence electrons. The van der Waals surface area contributed by atoms with Crippen molar-refractivity contribution in [3.63, 3.8) is 0 Å². The molecule has 5 heteroatoms. The first kappa shape index (κ1) is 15.6. The van der Waals surface area contributed by atoms with E-state index in [1.807, 2.05) is 30.5 Å². The average Bonchev–Trinajstić information content (AvgIpc) is 2.52. The molecule has 1 aromatic heterocycles. The molecule has 1 aromatic carbocycles. The first-order valence-corrected chi connectivity index (χ1v) is 7.13. The van der Waals surface area contributed by atoms with Gasteiger partial charge in [0.15, 0.2) is 11.5 Å². The number of methoxy groups -OCH3 is 2.